The van der Waals surface area contributed by atoms with Crippen LogP contribution < -0.4 is 0 Å². The number of allylic oxidation sites excluding steroid dienone is 2. The summed E-state index contributed by atoms with van der Waals surface area (Å²) < 4.78 is 5.05. The molecular formula is C6H7BrO2. The molecular weight excluding hydrogens is 184 g/mol. The van der Waals surface area contributed by atoms with E-state index in [1.807, 2.05) is 6.92 Å². The molecule has 1 unspecified atom stereocenters. The Hall–Kier alpha value is -0.310. The lowest BCUT2D eigenvalue weighted by Gasteiger charge is -2.19. The predicted octanol–water partition coefficient (Wildman–Crippen LogP) is 1.25. The van der Waals surface area contributed by atoms with Gasteiger partial charge in [0, 0.05) is 6.08 Å². The molecule has 1 aliphatic rings. The van der Waals surface area contributed by atoms with Crippen molar-refractivity contribution in [3.8, 4) is 0 Å². The van der Waals surface area contributed by atoms with Crippen LogP contribution in [-0.2, 0) is 9.53 Å². The summed E-state index contributed by atoms with van der Waals surface area (Å²) in [5, 5.41) is 0. The van der Waals surface area contributed by atoms with Gasteiger partial charge in [0.1, 0.15) is 10.6 Å². The Morgan fingerprint density at radius 3 is 2.89 bits per heavy atom. The monoisotopic (exact) mass is 190 g/mol. The van der Waals surface area contributed by atoms with Crippen LogP contribution in [0.3, 0.4) is 0 Å². The lowest BCUT2D eigenvalue weighted by molar-refractivity contribution is -0.116. The van der Waals surface area contributed by atoms with Crippen molar-refractivity contribution in [1.82, 2.24) is 0 Å². The third-order valence-corrected chi connectivity index (χ3v) is 2.00. The van der Waals surface area contributed by atoms with Crippen molar-refractivity contribution in [2.45, 2.75) is 11.8 Å². The zero-order chi connectivity index (χ0) is 6.85. The zero-order valence-corrected chi connectivity index (χ0v) is 6.64. The fourth-order valence-corrected chi connectivity index (χ4v) is 1.01. The molecule has 1 aliphatic carbocycles. The van der Waals surface area contributed by atoms with Crippen molar-refractivity contribution in [2.24, 2.45) is 0 Å². The van der Waals surface area contributed by atoms with Crippen molar-refractivity contribution in [3.05, 3.63) is 11.8 Å². The molecule has 0 aromatic carbocycles. The molecule has 9 heavy (non-hydrogen) atoms. The van der Waals surface area contributed by atoms with Crippen LogP contribution in [0.5, 0.6) is 0 Å². The normalized spacial score (nSPS) is 24.9. The van der Waals surface area contributed by atoms with E-state index in [2.05, 4.69) is 15.9 Å². The molecule has 0 fully saturated rings. The van der Waals surface area contributed by atoms with E-state index in [1.54, 1.807) is 0 Å². The maximum absolute atomic E-state index is 10.5. The fourth-order valence-electron chi connectivity index (χ4n) is 0.612. The van der Waals surface area contributed by atoms with Crippen molar-refractivity contribution < 1.29 is 9.53 Å². The Kier molecular flexibility index (Phi) is 1.90. The second-order valence-corrected chi connectivity index (χ2v) is 2.66. The number of alkyl halides is 1. The van der Waals surface area contributed by atoms with Crippen LogP contribution in [0, 0.1) is 0 Å². The molecule has 0 heterocycles. The maximum Gasteiger partial charge on any atom is 0.180 e. The van der Waals surface area contributed by atoms with Gasteiger partial charge in [0.05, 0.1) is 6.61 Å². The highest BCUT2D eigenvalue weighted by Crippen LogP contribution is 2.23. The Balaban J connectivity index is 2.47. The highest BCUT2D eigenvalue weighted by Gasteiger charge is 2.28. The number of ether oxygens (including phenoxy) is 1. The van der Waals surface area contributed by atoms with Crippen molar-refractivity contribution in [2.75, 3.05) is 6.61 Å². The van der Waals surface area contributed by atoms with Crippen molar-refractivity contribution in [3.63, 3.8) is 0 Å². The molecule has 0 aromatic rings. The van der Waals surface area contributed by atoms with Crippen molar-refractivity contribution in [1.29, 1.82) is 0 Å². The molecule has 1 atom stereocenters. The van der Waals surface area contributed by atoms with Gasteiger partial charge in [-0.3, -0.25) is 4.79 Å². The van der Waals surface area contributed by atoms with Crippen LogP contribution >= 0.6 is 15.9 Å². The Labute approximate surface area is 62.0 Å². The van der Waals surface area contributed by atoms with Crippen LogP contribution in [0.15, 0.2) is 11.8 Å². The third-order valence-electron chi connectivity index (χ3n) is 1.10. The first-order chi connectivity index (χ1) is 4.25. The van der Waals surface area contributed by atoms with Gasteiger partial charge in [0.2, 0.25) is 0 Å². The summed E-state index contributed by atoms with van der Waals surface area (Å²) in [6, 6.07) is 0. The van der Waals surface area contributed by atoms with Gasteiger partial charge in [0.25, 0.3) is 0 Å². The quantitative estimate of drug-likeness (QED) is 0.614. The lowest BCUT2D eigenvalue weighted by atomic mass is 10.1. The highest BCUT2D eigenvalue weighted by atomic mass is 79.9. The van der Waals surface area contributed by atoms with Crippen LogP contribution in [0.4, 0.5) is 0 Å². The molecule has 0 spiro atoms. The Morgan fingerprint density at radius 1 is 1.89 bits per heavy atom. The topological polar surface area (TPSA) is 26.3 Å². The Bertz CT molecular complexity index is 162. The molecule has 0 N–H and O–H groups in total. The highest BCUT2D eigenvalue weighted by molar-refractivity contribution is 9.10. The van der Waals surface area contributed by atoms with E-state index in [-0.39, 0.29) is 10.6 Å². The van der Waals surface area contributed by atoms with Gasteiger partial charge in [-0.15, -0.1) is 0 Å². The molecule has 0 radical (unpaired) electrons. The molecule has 0 saturated heterocycles. The summed E-state index contributed by atoms with van der Waals surface area (Å²) in [6.07, 6.45) is 1.50. The van der Waals surface area contributed by atoms with E-state index >= 15 is 0 Å². The average molecular weight is 191 g/mol. The molecule has 3 heteroatoms. The zero-order valence-electron chi connectivity index (χ0n) is 5.06. The molecule has 0 aromatic heterocycles. The van der Waals surface area contributed by atoms with E-state index in [0.717, 1.165) is 5.76 Å². The number of ketones is 1. The number of hydrogen-bond donors (Lipinski definition) is 0. The summed E-state index contributed by atoms with van der Waals surface area (Å²) in [5.41, 5.74) is 0. The minimum absolute atomic E-state index is 0.0958. The maximum atomic E-state index is 10.5. The lowest BCUT2D eigenvalue weighted by Crippen LogP contribution is -2.26. The van der Waals surface area contributed by atoms with Gasteiger partial charge >= 0.3 is 0 Å². The van der Waals surface area contributed by atoms with Gasteiger partial charge in [-0.2, -0.15) is 0 Å². The van der Waals surface area contributed by atoms with Gasteiger partial charge in [-0.05, 0) is 6.92 Å². The number of halogens is 1. The first kappa shape index (κ1) is 6.81. The Morgan fingerprint density at radius 2 is 2.56 bits per heavy atom. The van der Waals surface area contributed by atoms with Crippen LogP contribution in [0.25, 0.3) is 0 Å². The summed E-state index contributed by atoms with van der Waals surface area (Å²) in [5.74, 6) is 0.848. The largest absolute Gasteiger partial charge is 0.496 e. The summed E-state index contributed by atoms with van der Waals surface area (Å²) in [7, 11) is 0. The van der Waals surface area contributed by atoms with Crippen LogP contribution in [0.2, 0.25) is 0 Å². The van der Waals surface area contributed by atoms with E-state index in [9.17, 15) is 4.79 Å². The van der Waals surface area contributed by atoms with Gasteiger partial charge in [-0.1, -0.05) is 15.9 Å². The number of rotatable bonds is 2. The number of carbonyl (C=O) groups is 1. The number of carbonyl (C=O) groups excluding carboxylic acids is 1. The van der Waals surface area contributed by atoms with Gasteiger partial charge in [0.15, 0.2) is 5.78 Å². The van der Waals surface area contributed by atoms with Crippen molar-refractivity contribution >= 4 is 21.7 Å². The minimum atomic E-state index is -0.169. The second kappa shape index (κ2) is 2.52. The molecule has 0 aliphatic heterocycles. The summed E-state index contributed by atoms with van der Waals surface area (Å²) in [6.45, 7) is 2.52. The van der Waals surface area contributed by atoms with Gasteiger partial charge < -0.3 is 4.74 Å². The standard InChI is InChI=1S/C6H7BrO2/c1-2-9-5-3-4(8)6(5)7/h3,6H,2H2,1H3. The molecule has 0 amide bonds. The fraction of sp³-hybridized carbons (Fsp3) is 0.500. The molecule has 0 bridgehead atoms. The summed E-state index contributed by atoms with van der Waals surface area (Å²) >= 11 is 3.15. The molecule has 0 saturated carbocycles. The molecule has 1 rings (SSSR count). The first-order valence-corrected chi connectivity index (χ1v) is 3.69. The van der Waals surface area contributed by atoms with E-state index in [4.69, 9.17) is 4.74 Å². The number of hydrogen-bond acceptors (Lipinski definition) is 2. The van der Waals surface area contributed by atoms with E-state index in [1.165, 1.54) is 6.08 Å². The first-order valence-electron chi connectivity index (χ1n) is 2.78. The van der Waals surface area contributed by atoms with Crippen LogP contribution in [0.1, 0.15) is 6.92 Å². The van der Waals surface area contributed by atoms with Crippen LogP contribution in [-0.4, -0.2) is 17.2 Å². The second-order valence-electron chi connectivity index (χ2n) is 1.74. The summed E-state index contributed by atoms with van der Waals surface area (Å²) in [4.78, 5) is 10.3. The molecule has 50 valence electrons. The molecule has 2 nitrogen and oxygen atoms in total. The minimum Gasteiger partial charge on any atom is -0.496 e. The predicted molar refractivity (Wildman–Crippen MR) is 37.4 cm³/mol. The average Bonchev–Trinajstić information content (AvgIpc) is 1.88. The van der Waals surface area contributed by atoms with Gasteiger partial charge in [-0.25, -0.2) is 0 Å². The third kappa shape index (κ3) is 1.15. The van der Waals surface area contributed by atoms with E-state index in [0.29, 0.717) is 6.61 Å². The SMILES string of the molecule is CCOC1=CC(=O)C1Br. The van der Waals surface area contributed by atoms with E-state index < -0.39 is 0 Å². The smallest absolute Gasteiger partial charge is 0.180 e.